The first-order chi connectivity index (χ1) is 4.72. The van der Waals surface area contributed by atoms with Gasteiger partial charge in [0, 0.05) is 0 Å². The van der Waals surface area contributed by atoms with E-state index < -0.39 is 6.10 Å². The summed E-state index contributed by atoms with van der Waals surface area (Å²) in [4.78, 5) is 3.81. The highest BCUT2D eigenvalue weighted by Crippen LogP contribution is 2.01. The van der Waals surface area contributed by atoms with Gasteiger partial charge in [-0.05, 0) is 6.92 Å². The van der Waals surface area contributed by atoms with Crippen LogP contribution in [-0.4, -0.2) is 10.1 Å². The van der Waals surface area contributed by atoms with Gasteiger partial charge in [0.2, 0.25) is 6.20 Å². The SMILES string of the molecule is CC(O)c1cncc[n+]1N. The van der Waals surface area contributed by atoms with Crippen molar-refractivity contribution in [3.8, 4) is 0 Å². The molecule has 0 fully saturated rings. The van der Waals surface area contributed by atoms with E-state index in [1.165, 1.54) is 10.9 Å². The summed E-state index contributed by atoms with van der Waals surface area (Å²) in [5, 5.41) is 9.06. The molecule has 0 spiro atoms. The van der Waals surface area contributed by atoms with Crippen LogP contribution in [0.2, 0.25) is 0 Å². The van der Waals surface area contributed by atoms with E-state index in [1.807, 2.05) is 0 Å². The van der Waals surface area contributed by atoms with Crippen LogP contribution in [0.3, 0.4) is 0 Å². The minimum Gasteiger partial charge on any atom is -0.382 e. The van der Waals surface area contributed by atoms with Crippen LogP contribution in [0.4, 0.5) is 0 Å². The van der Waals surface area contributed by atoms with Gasteiger partial charge in [0.05, 0.1) is 12.4 Å². The van der Waals surface area contributed by atoms with E-state index >= 15 is 0 Å². The van der Waals surface area contributed by atoms with Crippen molar-refractivity contribution in [1.82, 2.24) is 4.98 Å². The van der Waals surface area contributed by atoms with Gasteiger partial charge in [-0.15, -0.1) is 0 Å². The van der Waals surface area contributed by atoms with Gasteiger partial charge in [-0.25, -0.2) is 5.84 Å². The zero-order chi connectivity index (χ0) is 7.56. The lowest BCUT2D eigenvalue weighted by molar-refractivity contribution is -0.651. The number of aliphatic hydroxyl groups is 1. The van der Waals surface area contributed by atoms with Gasteiger partial charge in [0.15, 0.2) is 0 Å². The van der Waals surface area contributed by atoms with Crippen molar-refractivity contribution >= 4 is 0 Å². The van der Waals surface area contributed by atoms with E-state index in [0.717, 1.165) is 0 Å². The first-order valence-corrected chi connectivity index (χ1v) is 3.00. The molecule has 0 saturated heterocycles. The number of hydrogen-bond acceptors (Lipinski definition) is 3. The lowest BCUT2D eigenvalue weighted by atomic mass is 10.3. The summed E-state index contributed by atoms with van der Waals surface area (Å²) >= 11 is 0. The van der Waals surface area contributed by atoms with Crippen LogP contribution in [0.15, 0.2) is 18.6 Å². The minimum absolute atomic E-state index is 0.571. The van der Waals surface area contributed by atoms with Gasteiger partial charge in [-0.3, -0.25) is 4.98 Å². The fourth-order valence-electron chi connectivity index (χ4n) is 0.706. The third-order valence-electron chi connectivity index (χ3n) is 1.25. The molecule has 1 rings (SSSR count). The van der Waals surface area contributed by atoms with Gasteiger partial charge in [-0.1, -0.05) is 4.68 Å². The normalized spacial score (nSPS) is 13.0. The third-order valence-corrected chi connectivity index (χ3v) is 1.25. The van der Waals surface area contributed by atoms with Crippen LogP contribution in [0.1, 0.15) is 18.7 Å². The first-order valence-electron chi connectivity index (χ1n) is 3.00. The van der Waals surface area contributed by atoms with Gasteiger partial charge in [0.25, 0.3) is 5.69 Å². The van der Waals surface area contributed by atoms with E-state index in [-0.39, 0.29) is 0 Å². The maximum atomic E-state index is 9.06. The van der Waals surface area contributed by atoms with Crippen LogP contribution in [0.25, 0.3) is 0 Å². The predicted molar refractivity (Wildman–Crippen MR) is 35.2 cm³/mol. The largest absolute Gasteiger partial charge is 0.382 e. The average molecular weight is 140 g/mol. The molecule has 4 nitrogen and oxygen atoms in total. The third kappa shape index (κ3) is 1.22. The van der Waals surface area contributed by atoms with Crippen molar-refractivity contribution in [2.24, 2.45) is 0 Å². The van der Waals surface area contributed by atoms with Crippen LogP contribution < -0.4 is 10.5 Å². The Bertz CT molecular complexity index is 224. The predicted octanol–water partition coefficient (Wildman–Crippen LogP) is -0.864. The fourth-order valence-corrected chi connectivity index (χ4v) is 0.706. The topological polar surface area (TPSA) is 63.0 Å². The molecule has 1 unspecified atom stereocenters. The average Bonchev–Trinajstić information content (AvgIpc) is 1.88. The highest BCUT2D eigenvalue weighted by atomic mass is 16.3. The van der Waals surface area contributed by atoms with Crippen LogP contribution >= 0.6 is 0 Å². The Balaban J connectivity index is 3.03. The first kappa shape index (κ1) is 6.95. The maximum Gasteiger partial charge on any atom is 0.257 e. The van der Waals surface area contributed by atoms with Crippen LogP contribution in [0, 0.1) is 0 Å². The quantitative estimate of drug-likeness (QED) is 0.394. The molecule has 0 saturated carbocycles. The highest BCUT2D eigenvalue weighted by molar-refractivity contribution is 4.89. The number of rotatable bonds is 1. The van der Waals surface area contributed by atoms with Gasteiger partial charge in [-0.2, -0.15) is 0 Å². The van der Waals surface area contributed by atoms with Crippen molar-refractivity contribution < 1.29 is 9.78 Å². The minimum atomic E-state index is -0.571. The van der Waals surface area contributed by atoms with Crippen molar-refractivity contribution in [3.63, 3.8) is 0 Å². The molecule has 3 N–H and O–H groups in total. The Labute approximate surface area is 58.9 Å². The number of nitrogens with two attached hydrogens (primary N) is 1. The molecular weight excluding hydrogens is 130 g/mol. The Morgan fingerprint density at radius 1 is 1.80 bits per heavy atom. The molecule has 0 amide bonds. The van der Waals surface area contributed by atoms with E-state index in [1.54, 1.807) is 19.3 Å². The number of nitrogen functional groups attached to an aromatic ring is 1. The lowest BCUT2D eigenvalue weighted by Crippen LogP contribution is -2.48. The van der Waals surface area contributed by atoms with Crippen molar-refractivity contribution in [3.05, 3.63) is 24.3 Å². The molecule has 0 aromatic carbocycles. The highest BCUT2D eigenvalue weighted by Gasteiger charge is 2.12. The number of aromatic nitrogens is 2. The molecule has 1 atom stereocenters. The second-order valence-corrected chi connectivity index (χ2v) is 2.08. The molecule has 0 aliphatic carbocycles. The molecule has 1 aromatic heterocycles. The molecule has 10 heavy (non-hydrogen) atoms. The second-order valence-electron chi connectivity index (χ2n) is 2.08. The van der Waals surface area contributed by atoms with Crippen LogP contribution in [0.5, 0.6) is 0 Å². The molecule has 0 aliphatic heterocycles. The summed E-state index contributed by atoms with van der Waals surface area (Å²) in [5.74, 6) is 5.44. The molecular formula is C6H10N3O+. The van der Waals surface area contributed by atoms with Crippen molar-refractivity contribution in [2.75, 3.05) is 5.84 Å². The maximum absolute atomic E-state index is 9.06. The number of hydrogen-bond donors (Lipinski definition) is 2. The lowest BCUT2D eigenvalue weighted by Gasteiger charge is -1.97. The van der Waals surface area contributed by atoms with Crippen molar-refractivity contribution in [1.29, 1.82) is 0 Å². The summed E-state index contributed by atoms with van der Waals surface area (Å²) in [5.41, 5.74) is 0.600. The zero-order valence-corrected chi connectivity index (χ0v) is 5.73. The molecule has 1 heterocycles. The summed E-state index contributed by atoms with van der Waals surface area (Å²) in [7, 11) is 0. The van der Waals surface area contributed by atoms with E-state index in [0.29, 0.717) is 5.69 Å². The van der Waals surface area contributed by atoms with Gasteiger partial charge < -0.3 is 5.11 Å². The summed E-state index contributed by atoms with van der Waals surface area (Å²) in [6, 6.07) is 0. The smallest absolute Gasteiger partial charge is 0.257 e. The van der Waals surface area contributed by atoms with E-state index in [4.69, 9.17) is 10.9 Å². The fraction of sp³-hybridized carbons (Fsp3) is 0.333. The Hall–Kier alpha value is -1.16. The zero-order valence-electron chi connectivity index (χ0n) is 5.73. The standard InChI is InChI=1S/C6H10N3O/c1-5(10)6-4-8-2-3-9(6)7/h2-5,10H,1H3,(H2,7,8)/q+1. The van der Waals surface area contributed by atoms with Crippen LogP contribution in [-0.2, 0) is 0 Å². The Morgan fingerprint density at radius 3 is 2.90 bits per heavy atom. The van der Waals surface area contributed by atoms with Gasteiger partial charge >= 0.3 is 0 Å². The van der Waals surface area contributed by atoms with Gasteiger partial charge in [0.1, 0.15) is 6.10 Å². The molecule has 0 radical (unpaired) electrons. The van der Waals surface area contributed by atoms with E-state index in [2.05, 4.69) is 4.98 Å². The Morgan fingerprint density at radius 2 is 2.50 bits per heavy atom. The monoisotopic (exact) mass is 140 g/mol. The second kappa shape index (κ2) is 2.62. The van der Waals surface area contributed by atoms with Crippen molar-refractivity contribution in [2.45, 2.75) is 13.0 Å². The Kier molecular flexibility index (Phi) is 1.82. The summed E-state index contributed by atoms with van der Waals surface area (Å²) in [6.07, 6.45) is 4.11. The summed E-state index contributed by atoms with van der Waals surface area (Å²) in [6.45, 7) is 1.64. The molecule has 54 valence electrons. The van der Waals surface area contributed by atoms with E-state index in [9.17, 15) is 0 Å². The summed E-state index contributed by atoms with van der Waals surface area (Å²) < 4.78 is 1.34. The number of aliphatic hydroxyl groups excluding tert-OH is 1. The number of nitrogens with zero attached hydrogens (tertiary/aromatic N) is 2. The molecule has 0 bridgehead atoms. The molecule has 0 aliphatic rings. The molecule has 1 aromatic rings. The molecule has 4 heteroatoms.